The Balaban J connectivity index is 2.20. The fourth-order valence-corrected chi connectivity index (χ4v) is 1.06. The minimum absolute atomic E-state index is 0.0343. The van der Waals surface area contributed by atoms with Gasteiger partial charge in [0.25, 0.3) is 0 Å². The Hall–Kier alpha value is -0.510. The van der Waals surface area contributed by atoms with Crippen molar-refractivity contribution in [3.8, 4) is 0 Å². The van der Waals surface area contributed by atoms with Gasteiger partial charge in [0.05, 0.1) is 13.2 Å². The van der Waals surface area contributed by atoms with Crippen LogP contribution in [0.25, 0.3) is 0 Å². The summed E-state index contributed by atoms with van der Waals surface area (Å²) in [5, 5.41) is 0. The molecule has 2 N–H and O–H groups in total. The van der Waals surface area contributed by atoms with Crippen LogP contribution in [0.1, 0.15) is 5.56 Å². The van der Waals surface area contributed by atoms with E-state index in [-0.39, 0.29) is 6.04 Å². The highest BCUT2D eigenvalue weighted by atomic mass is 32.1. The Morgan fingerprint density at radius 2 is 2.00 bits per heavy atom. The van der Waals surface area contributed by atoms with E-state index in [0.29, 0.717) is 19.0 Å². The Bertz CT molecular complexity index is 228. The second-order valence-corrected chi connectivity index (χ2v) is 3.31. The van der Waals surface area contributed by atoms with E-state index in [4.69, 9.17) is 10.5 Å². The summed E-state index contributed by atoms with van der Waals surface area (Å²) in [7, 11) is 0. The molecule has 0 aliphatic heterocycles. The van der Waals surface area contributed by atoms with Crippen molar-refractivity contribution in [1.82, 2.24) is 0 Å². The summed E-state index contributed by atoms with van der Waals surface area (Å²) in [6.45, 7) is 1.20. The highest BCUT2D eigenvalue weighted by molar-refractivity contribution is 7.80. The first-order valence-electron chi connectivity index (χ1n) is 4.31. The van der Waals surface area contributed by atoms with Crippen LogP contribution in [-0.2, 0) is 11.3 Å². The van der Waals surface area contributed by atoms with Crippen LogP contribution in [-0.4, -0.2) is 18.4 Å². The summed E-state index contributed by atoms with van der Waals surface area (Å²) in [5.74, 6) is 0.661. The molecular formula is C10H15NOS. The lowest BCUT2D eigenvalue weighted by atomic mass is 10.2. The van der Waals surface area contributed by atoms with Gasteiger partial charge in [-0.1, -0.05) is 30.3 Å². The lowest BCUT2D eigenvalue weighted by molar-refractivity contribution is 0.112. The standard InChI is InChI=1S/C10H15NOS/c11-10(8-13)7-12-6-9-4-2-1-3-5-9/h1-5,10,13H,6-8,11H2/t10-/m0/s1. The van der Waals surface area contributed by atoms with E-state index in [9.17, 15) is 0 Å². The van der Waals surface area contributed by atoms with Crippen LogP contribution in [0.3, 0.4) is 0 Å². The van der Waals surface area contributed by atoms with E-state index in [1.165, 1.54) is 5.56 Å². The summed E-state index contributed by atoms with van der Waals surface area (Å²) in [4.78, 5) is 0. The molecule has 1 rings (SSSR count). The maximum absolute atomic E-state index is 5.64. The van der Waals surface area contributed by atoms with Crippen LogP contribution < -0.4 is 5.73 Å². The summed E-state index contributed by atoms with van der Waals surface area (Å²) >= 11 is 4.07. The normalized spacial score (nSPS) is 12.8. The van der Waals surface area contributed by atoms with Gasteiger partial charge in [0.1, 0.15) is 0 Å². The van der Waals surface area contributed by atoms with Gasteiger partial charge < -0.3 is 10.5 Å². The Morgan fingerprint density at radius 3 is 2.62 bits per heavy atom. The molecule has 0 heterocycles. The molecule has 1 aromatic rings. The molecule has 0 aliphatic rings. The molecule has 2 nitrogen and oxygen atoms in total. The van der Waals surface area contributed by atoms with Gasteiger partial charge in [-0.15, -0.1) is 0 Å². The van der Waals surface area contributed by atoms with Gasteiger partial charge in [-0.3, -0.25) is 0 Å². The number of hydrogen-bond donors (Lipinski definition) is 2. The lowest BCUT2D eigenvalue weighted by Crippen LogP contribution is -2.27. The number of benzene rings is 1. The van der Waals surface area contributed by atoms with E-state index in [0.717, 1.165) is 0 Å². The average molecular weight is 197 g/mol. The van der Waals surface area contributed by atoms with Crippen molar-refractivity contribution in [2.24, 2.45) is 5.73 Å². The van der Waals surface area contributed by atoms with Gasteiger partial charge in [-0.2, -0.15) is 12.6 Å². The molecular weight excluding hydrogens is 182 g/mol. The van der Waals surface area contributed by atoms with Crippen molar-refractivity contribution in [3.05, 3.63) is 35.9 Å². The van der Waals surface area contributed by atoms with Gasteiger partial charge >= 0.3 is 0 Å². The first-order chi connectivity index (χ1) is 6.33. The molecule has 0 radical (unpaired) electrons. The number of thiol groups is 1. The summed E-state index contributed by atoms with van der Waals surface area (Å²) in [6.07, 6.45) is 0. The fourth-order valence-electron chi connectivity index (χ4n) is 0.955. The quantitative estimate of drug-likeness (QED) is 0.701. The molecule has 0 saturated heterocycles. The first-order valence-corrected chi connectivity index (χ1v) is 4.94. The molecule has 1 atom stereocenters. The smallest absolute Gasteiger partial charge is 0.0717 e. The summed E-state index contributed by atoms with van der Waals surface area (Å²) in [5.41, 5.74) is 6.81. The van der Waals surface area contributed by atoms with E-state index in [2.05, 4.69) is 12.6 Å². The Labute approximate surface area is 84.5 Å². The largest absolute Gasteiger partial charge is 0.375 e. The Kier molecular flexibility index (Phi) is 4.90. The predicted molar refractivity (Wildman–Crippen MR) is 57.9 cm³/mol. The van der Waals surface area contributed by atoms with Crippen molar-refractivity contribution < 1.29 is 4.74 Å². The first kappa shape index (κ1) is 10.6. The van der Waals surface area contributed by atoms with Crippen molar-refractivity contribution in [2.45, 2.75) is 12.6 Å². The fraction of sp³-hybridized carbons (Fsp3) is 0.400. The maximum Gasteiger partial charge on any atom is 0.0717 e. The molecule has 0 bridgehead atoms. The molecule has 72 valence electrons. The van der Waals surface area contributed by atoms with Crippen LogP contribution >= 0.6 is 12.6 Å². The second-order valence-electron chi connectivity index (χ2n) is 2.94. The molecule has 3 heteroatoms. The zero-order valence-electron chi connectivity index (χ0n) is 7.52. The lowest BCUT2D eigenvalue weighted by Gasteiger charge is -2.08. The molecule has 0 fully saturated rings. The van der Waals surface area contributed by atoms with E-state index >= 15 is 0 Å². The average Bonchev–Trinajstić information content (AvgIpc) is 2.19. The van der Waals surface area contributed by atoms with Crippen molar-refractivity contribution >= 4 is 12.6 Å². The number of rotatable bonds is 5. The number of hydrogen-bond acceptors (Lipinski definition) is 3. The van der Waals surface area contributed by atoms with Crippen LogP contribution in [0.4, 0.5) is 0 Å². The highest BCUT2D eigenvalue weighted by Gasteiger charge is 1.98. The van der Waals surface area contributed by atoms with Crippen molar-refractivity contribution in [2.75, 3.05) is 12.4 Å². The van der Waals surface area contributed by atoms with Crippen LogP contribution in [0, 0.1) is 0 Å². The zero-order chi connectivity index (χ0) is 9.52. The van der Waals surface area contributed by atoms with Gasteiger partial charge in [-0.05, 0) is 5.56 Å². The molecule has 1 aromatic carbocycles. The molecule has 0 aliphatic carbocycles. The Morgan fingerprint density at radius 1 is 1.31 bits per heavy atom. The van der Waals surface area contributed by atoms with Crippen molar-refractivity contribution in [3.63, 3.8) is 0 Å². The highest BCUT2D eigenvalue weighted by Crippen LogP contribution is 2.00. The van der Waals surface area contributed by atoms with E-state index in [1.54, 1.807) is 0 Å². The molecule has 0 amide bonds. The third-order valence-electron chi connectivity index (χ3n) is 1.68. The molecule has 0 spiro atoms. The van der Waals surface area contributed by atoms with Crippen LogP contribution in [0.5, 0.6) is 0 Å². The monoisotopic (exact) mass is 197 g/mol. The zero-order valence-corrected chi connectivity index (χ0v) is 8.41. The third kappa shape index (κ3) is 4.31. The van der Waals surface area contributed by atoms with Gasteiger partial charge in [0.15, 0.2) is 0 Å². The van der Waals surface area contributed by atoms with Crippen molar-refractivity contribution in [1.29, 1.82) is 0 Å². The van der Waals surface area contributed by atoms with Crippen LogP contribution in [0.15, 0.2) is 30.3 Å². The molecule has 0 unspecified atom stereocenters. The van der Waals surface area contributed by atoms with Gasteiger partial charge in [0, 0.05) is 11.8 Å². The SMILES string of the molecule is N[C@H](CS)COCc1ccccc1. The van der Waals surface area contributed by atoms with E-state index in [1.807, 2.05) is 30.3 Å². The minimum atomic E-state index is 0.0343. The number of nitrogens with two attached hydrogens (primary N) is 1. The molecule has 0 aromatic heterocycles. The van der Waals surface area contributed by atoms with Gasteiger partial charge in [0.2, 0.25) is 0 Å². The van der Waals surface area contributed by atoms with E-state index < -0.39 is 0 Å². The topological polar surface area (TPSA) is 35.2 Å². The predicted octanol–water partition coefficient (Wildman–Crippen LogP) is 1.46. The van der Waals surface area contributed by atoms with Crippen LogP contribution in [0.2, 0.25) is 0 Å². The summed E-state index contributed by atoms with van der Waals surface area (Å²) in [6, 6.07) is 10.1. The maximum atomic E-state index is 5.64. The third-order valence-corrected chi connectivity index (χ3v) is 2.15. The summed E-state index contributed by atoms with van der Waals surface area (Å²) < 4.78 is 5.40. The molecule has 0 saturated carbocycles. The minimum Gasteiger partial charge on any atom is -0.375 e. The van der Waals surface area contributed by atoms with Gasteiger partial charge in [-0.25, -0.2) is 0 Å². The number of ether oxygens (including phenoxy) is 1. The second kappa shape index (κ2) is 6.02. The molecule has 13 heavy (non-hydrogen) atoms.